The highest BCUT2D eigenvalue weighted by atomic mass is 19.4. The average Bonchev–Trinajstić information content (AvgIpc) is 3.16. The quantitative estimate of drug-likeness (QED) is 0.302. The van der Waals surface area contributed by atoms with E-state index in [-0.39, 0.29) is 5.56 Å². The van der Waals surface area contributed by atoms with Gasteiger partial charge in [0.15, 0.2) is 0 Å². The Balaban J connectivity index is 1.61. The Labute approximate surface area is 176 Å². The molecule has 0 saturated heterocycles. The Morgan fingerprint density at radius 2 is 1.53 bits per heavy atom. The van der Waals surface area contributed by atoms with Gasteiger partial charge in [0.25, 0.3) is 0 Å². The topological polar surface area (TPSA) is 27.8 Å². The third-order valence-electron chi connectivity index (χ3n) is 5.50. The second-order valence-electron chi connectivity index (χ2n) is 7.93. The maximum absolute atomic E-state index is 13.7. The van der Waals surface area contributed by atoms with Gasteiger partial charge in [-0.15, -0.1) is 0 Å². The van der Waals surface area contributed by atoms with Crippen molar-refractivity contribution in [1.29, 1.82) is 0 Å². The predicted octanol–water partition coefficient (Wildman–Crippen LogP) is 8.41. The molecule has 0 unspecified atom stereocenters. The van der Waals surface area contributed by atoms with E-state index in [0.29, 0.717) is 17.9 Å². The van der Waals surface area contributed by atoms with Crippen molar-refractivity contribution in [2.45, 2.75) is 64.5 Å². The molecule has 0 radical (unpaired) electrons. The first-order valence-electron chi connectivity index (χ1n) is 11.0. The van der Waals surface area contributed by atoms with Crippen LogP contribution in [0.3, 0.4) is 0 Å². The first kappa shape index (κ1) is 22.3. The molecule has 5 heteroatoms. The van der Waals surface area contributed by atoms with Crippen molar-refractivity contribution in [2.24, 2.45) is 0 Å². The van der Waals surface area contributed by atoms with E-state index in [4.69, 9.17) is 0 Å². The highest BCUT2D eigenvalue weighted by Crippen LogP contribution is 2.39. The molecular weight excluding hydrogens is 385 g/mol. The molecule has 2 N–H and O–H groups in total. The highest BCUT2D eigenvalue weighted by molar-refractivity contribution is 5.86. The van der Waals surface area contributed by atoms with Crippen LogP contribution in [-0.4, -0.2) is 11.5 Å². The molecule has 3 aromatic rings. The van der Waals surface area contributed by atoms with Gasteiger partial charge >= 0.3 is 6.18 Å². The van der Waals surface area contributed by atoms with Crippen molar-refractivity contribution in [3.8, 4) is 11.3 Å². The lowest BCUT2D eigenvalue weighted by Gasteiger charge is -2.15. The van der Waals surface area contributed by atoms with Crippen LogP contribution in [0.25, 0.3) is 22.2 Å². The summed E-state index contributed by atoms with van der Waals surface area (Å²) >= 11 is 0. The molecule has 2 aromatic carbocycles. The lowest BCUT2D eigenvalue weighted by molar-refractivity contribution is -0.137. The third kappa shape index (κ3) is 6.04. The smallest absolute Gasteiger partial charge is 0.385 e. The molecule has 162 valence electrons. The van der Waals surface area contributed by atoms with Gasteiger partial charge in [-0.25, -0.2) is 0 Å². The van der Waals surface area contributed by atoms with E-state index in [9.17, 15) is 13.2 Å². The SMILES string of the molecule is CCCCCCCCCCNc1ccc(-c2cc3ccccc3[nH]2)c(C(F)(F)F)c1. The molecule has 0 bridgehead atoms. The molecule has 0 aliphatic heterocycles. The molecule has 2 nitrogen and oxygen atoms in total. The van der Waals surface area contributed by atoms with Crippen molar-refractivity contribution < 1.29 is 13.2 Å². The number of para-hydroxylation sites is 1. The van der Waals surface area contributed by atoms with Gasteiger partial charge in [-0.1, -0.05) is 76.1 Å². The van der Waals surface area contributed by atoms with Gasteiger partial charge in [-0.05, 0) is 30.7 Å². The van der Waals surface area contributed by atoms with Crippen LogP contribution in [0.4, 0.5) is 18.9 Å². The molecule has 0 amide bonds. The van der Waals surface area contributed by atoms with Gasteiger partial charge in [0.1, 0.15) is 0 Å². The zero-order valence-electron chi connectivity index (χ0n) is 17.6. The Kier molecular flexibility index (Phi) is 7.83. The third-order valence-corrected chi connectivity index (χ3v) is 5.50. The summed E-state index contributed by atoms with van der Waals surface area (Å²) in [5, 5.41) is 4.06. The van der Waals surface area contributed by atoms with E-state index in [1.807, 2.05) is 24.3 Å². The summed E-state index contributed by atoms with van der Waals surface area (Å²) in [7, 11) is 0. The van der Waals surface area contributed by atoms with Crippen LogP contribution >= 0.6 is 0 Å². The van der Waals surface area contributed by atoms with Crippen LogP contribution in [0.5, 0.6) is 0 Å². The Morgan fingerprint density at radius 1 is 0.833 bits per heavy atom. The molecule has 0 fully saturated rings. The zero-order valence-corrected chi connectivity index (χ0v) is 17.6. The number of nitrogens with one attached hydrogen (secondary N) is 2. The fourth-order valence-corrected chi connectivity index (χ4v) is 3.83. The second kappa shape index (κ2) is 10.6. The van der Waals surface area contributed by atoms with Gasteiger partial charge in [0.2, 0.25) is 0 Å². The molecule has 0 spiro atoms. The van der Waals surface area contributed by atoms with Gasteiger partial charge in [-0.2, -0.15) is 13.2 Å². The monoisotopic (exact) mass is 416 g/mol. The number of rotatable bonds is 11. The summed E-state index contributed by atoms with van der Waals surface area (Å²) in [5.41, 5.74) is 1.40. The van der Waals surface area contributed by atoms with E-state index in [2.05, 4.69) is 17.2 Å². The molecule has 1 aromatic heterocycles. The molecule has 0 aliphatic carbocycles. The van der Waals surface area contributed by atoms with E-state index >= 15 is 0 Å². The van der Waals surface area contributed by atoms with Gasteiger partial charge in [0, 0.05) is 34.4 Å². The summed E-state index contributed by atoms with van der Waals surface area (Å²) < 4.78 is 41.2. The van der Waals surface area contributed by atoms with Gasteiger partial charge < -0.3 is 10.3 Å². The van der Waals surface area contributed by atoms with Crippen LogP contribution in [-0.2, 0) is 6.18 Å². The van der Waals surface area contributed by atoms with Crippen LogP contribution in [0, 0.1) is 0 Å². The summed E-state index contributed by atoms with van der Waals surface area (Å²) in [4.78, 5) is 3.11. The normalized spacial score (nSPS) is 11.9. The minimum atomic E-state index is -4.41. The minimum absolute atomic E-state index is 0.177. The maximum atomic E-state index is 13.7. The Hall–Kier alpha value is -2.43. The predicted molar refractivity (Wildman–Crippen MR) is 120 cm³/mol. The Bertz CT molecular complexity index is 895. The molecule has 1 heterocycles. The number of hydrogen-bond acceptors (Lipinski definition) is 1. The fourth-order valence-electron chi connectivity index (χ4n) is 3.83. The lowest BCUT2D eigenvalue weighted by atomic mass is 10.0. The van der Waals surface area contributed by atoms with Crippen molar-refractivity contribution in [3.05, 3.63) is 54.1 Å². The number of benzene rings is 2. The van der Waals surface area contributed by atoms with Crippen LogP contribution < -0.4 is 5.32 Å². The largest absolute Gasteiger partial charge is 0.417 e. The number of hydrogen-bond donors (Lipinski definition) is 2. The number of H-pyrrole nitrogens is 1. The number of fused-ring (bicyclic) bond motifs is 1. The number of unbranched alkanes of at least 4 members (excludes halogenated alkanes) is 7. The average molecular weight is 417 g/mol. The summed E-state index contributed by atoms with van der Waals surface area (Å²) in [5.74, 6) is 0. The van der Waals surface area contributed by atoms with Crippen molar-refractivity contribution in [3.63, 3.8) is 0 Å². The van der Waals surface area contributed by atoms with Crippen LogP contribution in [0.15, 0.2) is 48.5 Å². The number of alkyl halides is 3. The first-order chi connectivity index (χ1) is 14.5. The first-order valence-corrected chi connectivity index (χ1v) is 11.0. The van der Waals surface area contributed by atoms with Crippen molar-refractivity contribution in [1.82, 2.24) is 4.98 Å². The fraction of sp³-hybridized carbons (Fsp3) is 0.440. The van der Waals surface area contributed by atoms with Crippen molar-refractivity contribution >= 4 is 16.6 Å². The molecule has 30 heavy (non-hydrogen) atoms. The van der Waals surface area contributed by atoms with Crippen LogP contribution in [0.2, 0.25) is 0 Å². The summed E-state index contributed by atoms with van der Waals surface area (Å²) in [6.07, 6.45) is 5.25. The molecule has 0 atom stereocenters. The summed E-state index contributed by atoms with van der Waals surface area (Å²) in [6, 6.07) is 13.8. The number of aromatic nitrogens is 1. The van der Waals surface area contributed by atoms with Gasteiger partial charge in [-0.3, -0.25) is 0 Å². The molecule has 0 saturated carbocycles. The van der Waals surface area contributed by atoms with E-state index < -0.39 is 11.7 Å². The zero-order chi connectivity index (χ0) is 21.4. The van der Waals surface area contributed by atoms with Crippen LogP contribution in [0.1, 0.15) is 63.9 Å². The molecule has 0 aliphatic rings. The Morgan fingerprint density at radius 3 is 2.23 bits per heavy atom. The molecular formula is C25H31F3N2. The second-order valence-corrected chi connectivity index (χ2v) is 7.93. The van der Waals surface area contributed by atoms with E-state index in [0.717, 1.165) is 23.7 Å². The van der Waals surface area contributed by atoms with E-state index in [1.165, 1.54) is 44.6 Å². The van der Waals surface area contributed by atoms with Gasteiger partial charge in [0.05, 0.1) is 5.56 Å². The summed E-state index contributed by atoms with van der Waals surface area (Å²) in [6.45, 7) is 2.90. The lowest BCUT2D eigenvalue weighted by Crippen LogP contribution is -2.09. The molecule has 3 rings (SSSR count). The number of anilines is 1. The maximum Gasteiger partial charge on any atom is 0.417 e. The number of halogens is 3. The highest BCUT2D eigenvalue weighted by Gasteiger charge is 2.34. The van der Waals surface area contributed by atoms with E-state index in [1.54, 1.807) is 18.2 Å². The standard InChI is InChI=1S/C25H31F3N2/c1-2-3-4-5-6-7-8-11-16-29-20-14-15-21(22(18-20)25(26,27)28)24-17-19-12-9-10-13-23(19)30-24/h9-10,12-15,17-18,29-30H,2-8,11,16H2,1H3. The number of aromatic amines is 1. The van der Waals surface area contributed by atoms with Crippen molar-refractivity contribution in [2.75, 3.05) is 11.9 Å². The minimum Gasteiger partial charge on any atom is -0.385 e.